The van der Waals surface area contributed by atoms with Crippen molar-refractivity contribution in [2.75, 3.05) is 32.1 Å². The molecule has 1 saturated heterocycles. The molecule has 1 amide bonds. The molecule has 5 atom stereocenters. The molecule has 0 radical (unpaired) electrons. The van der Waals surface area contributed by atoms with E-state index in [0.717, 1.165) is 12.2 Å². The predicted octanol–water partition coefficient (Wildman–Crippen LogP) is -0.462. The second-order valence-electron chi connectivity index (χ2n) is 7.17. The summed E-state index contributed by atoms with van der Waals surface area (Å²) in [5, 5.41) is 27.2. The number of hydrogen-bond donors (Lipinski definition) is 4. The minimum atomic E-state index is -0.975. The second-order valence-corrected chi connectivity index (χ2v) is 7.55. The zero-order valence-corrected chi connectivity index (χ0v) is 15.8. The number of nitrogens with zero attached hydrogens (tertiary/aromatic N) is 2. The number of benzene rings is 1. The van der Waals surface area contributed by atoms with Crippen LogP contribution in [0, 0.1) is 5.92 Å². The molecule has 7 nitrogen and oxygen atoms in total. The van der Waals surface area contributed by atoms with Gasteiger partial charge in [0, 0.05) is 18.8 Å². The van der Waals surface area contributed by atoms with Gasteiger partial charge in [0.15, 0.2) is 5.11 Å². The molecule has 1 heterocycles. The number of amides is 1. The van der Waals surface area contributed by atoms with Crippen molar-refractivity contribution in [3.63, 3.8) is 0 Å². The SMILES string of the molecule is CN(C)CCNC(=O)C1CC(O)C(O)C2NC(=S)N(c3ccccc3)C12. The fourth-order valence-electron chi connectivity index (χ4n) is 3.76. The lowest BCUT2D eigenvalue weighted by Gasteiger charge is -2.41. The zero-order valence-electron chi connectivity index (χ0n) is 15.0. The van der Waals surface area contributed by atoms with E-state index in [1.54, 1.807) is 0 Å². The highest BCUT2D eigenvalue weighted by Gasteiger charge is 2.53. The molecule has 0 bridgehead atoms. The molecule has 8 heteroatoms. The van der Waals surface area contributed by atoms with Crippen molar-refractivity contribution in [1.29, 1.82) is 0 Å². The van der Waals surface area contributed by atoms with Crippen molar-refractivity contribution in [1.82, 2.24) is 15.5 Å². The molecule has 2 fully saturated rings. The van der Waals surface area contributed by atoms with Crippen LogP contribution in [0.5, 0.6) is 0 Å². The molecule has 1 aromatic rings. The quantitative estimate of drug-likeness (QED) is 0.516. The van der Waals surface area contributed by atoms with Crippen LogP contribution in [0.4, 0.5) is 5.69 Å². The Hall–Kier alpha value is -1.74. The van der Waals surface area contributed by atoms with Gasteiger partial charge in [0.1, 0.15) is 6.10 Å². The third-order valence-electron chi connectivity index (χ3n) is 5.07. The van der Waals surface area contributed by atoms with Gasteiger partial charge >= 0.3 is 0 Å². The van der Waals surface area contributed by atoms with E-state index < -0.39 is 24.2 Å². The fraction of sp³-hybridized carbons (Fsp3) is 0.556. The van der Waals surface area contributed by atoms with Crippen molar-refractivity contribution < 1.29 is 15.0 Å². The van der Waals surface area contributed by atoms with Gasteiger partial charge in [-0.2, -0.15) is 0 Å². The Morgan fingerprint density at radius 3 is 2.69 bits per heavy atom. The number of likely N-dealkylation sites (N-methyl/N-ethyl adjacent to an activating group) is 1. The first kappa shape index (κ1) is 19.0. The van der Waals surface area contributed by atoms with Gasteiger partial charge in [0.2, 0.25) is 5.91 Å². The number of anilines is 1. The molecule has 0 spiro atoms. The lowest BCUT2D eigenvalue weighted by atomic mass is 9.77. The third kappa shape index (κ3) is 3.68. The van der Waals surface area contributed by atoms with E-state index in [1.807, 2.05) is 54.2 Å². The highest BCUT2D eigenvalue weighted by Crippen LogP contribution is 2.36. The smallest absolute Gasteiger partial charge is 0.225 e. The van der Waals surface area contributed by atoms with E-state index in [2.05, 4.69) is 10.6 Å². The average Bonchev–Trinajstić information content (AvgIpc) is 2.95. The van der Waals surface area contributed by atoms with Crippen molar-refractivity contribution in [3.8, 4) is 0 Å². The summed E-state index contributed by atoms with van der Waals surface area (Å²) < 4.78 is 0. The van der Waals surface area contributed by atoms with Crippen LogP contribution in [-0.2, 0) is 4.79 Å². The second kappa shape index (κ2) is 7.87. The lowest BCUT2D eigenvalue weighted by Crippen LogP contribution is -2.61. The molecule has 1 aliphatic carbocycles. The van der Waals surface area contributed by atoms with Gasteiger partial charge < -0.3 is 30.6 Å². The maximum Gasteiger partial charge on any atom is 0.225 e. The maximum absolute atomic E-state index is 12.8. The van der Waals surface area contributed by atoms with Crippen LogP contribution in [0.15, 0.2) is 30.3 Å². The number of carbonyl (C=O) groups is 1. The number of nitrogens with one attached hydrogen (secondary N) is 2. The van der Waals surface area contributed by atoms with E-state index in [0.29, 0.717) is 11.7 Å². The summed E-state index contributed by atoms with van der Waals surface area (Å²) in [6, 6.07) is 8.75. The molecular formula is C18H26N4O3S. The Balaban J connectivity index is 1.85. The summed E-state index contributed by atoms with van der Waals surface area (Å²) in [6.07, 6.45) is -1.74. The van der Waals surface area contributed by atoms with Gasteiger partial charge in [0.05, 0.1) is 24.1 Å². The van der Waals surface area contributed by atoms with Crippen LogP contribution >= 0.6 is 12.2 Å². The van der Waals surface area contributed by atoms with Gasteiger partial charge in [-0.1, -0.05) is 18.2 Å². The summed E-state index contributed by atoms with van der Waals surface area (Å²) in [5.74, 6) is -0.603. The first-order valence-corrected chi connectivity index (χ1v) is 9.24. The standard InChI is InChI=1S/C18H26N4O3S/c1-21(2)9-8-19-17(25)12-10-13(23)16(24)14-15(12)22(18(26)20-14)11-6-4-3-5-7-11/h3-7,12-16,23-24H,8-10H2,1-2H3,(H,19,25)(H,20,26). The average molecular weight is 378 g/mol. The van der Waals surface area contributed by atoms with Crippen LogP contribution in [0.1, 0.15) is 6.42 Å². The van der Waals surface area contributed by atoms with Crippen molar-refractivity contribution in [2.45, 2.75) is 30.7 Å². The van der Waals surface area contributed by atoms with E-state index in [9.17, 15) is 15.0 Å². The number of fused-ring (bicyclic) bond motifs is 1. The summed E-state index contributed by atoms with van der Waals surface area (Å²) in [4.78, 5) is 16.7. The molecular weight excluding hydrogens is 352 g/mol. The van der Waals surface area contributed by atoms with E-state index in [-0.39, 0.29) is 18.4 Å². The normalized spacial score (nSPS) is 30.9. The molecule has 5 unspecified atom stereocenters. The minimum absolute atomic E-state index is 0.125. The van der Waals surface area contributed by atoms with E-state index in [4.69, 9.17) is 12.2 Å². The third-order valence-corrected chi connectivity index (χ3v) is 5.39. The molecule has 0 aromatic heterocycles. The molecule has 1 aromatic carbocycles. The summed E-state index contributed by atoms with van der Waals surface area (Å²) in [7, 11) is 3.89. The van der Waals surface area contributed by atoms with Crippen LogP contribution in [-0.4, -0.2) is 77.6 Å². The minimum Gasteiger partial charge on any atom is -0.390 e. The Morgan fingerprint density at radius 2 is 2.04 bits per heavy atom. The Morgan fingerprint density at radius 1 is 1.35 bits per heavy atom. The fourth-order valence-corrected chi connectivity index (χ4v) is 4.13. The highest BCUT2D eigenvalue weighted by atomic mass is 32.1. The van der Waals surface area contributed by atoms with Gasteiger partial charge in [-0.25, -0.2) is 0 Å². The van der Waals surface area contributed by atoms with Gasteiger partial charge in [0.25, 0.3) is 0 Å². The van der Waals surface area contributed by atoms with E-state index in [1.165, 1.54) is 0 Å². The maximum atomic E-state index is 12.8. The first-order valence-electron chi connectivity index (χ1n) is 8.83. The monoisotopic (exact) mass is 378 g/mol. The molecule has 4 N–H and O–H groups in total. The van der Waals surface area contributed by atoms with Crippen molar-refractivity contribution >= 4 is 28.9 Å². The predicted molar refractivity (Wildman–Crippen MR) is 104 cm³/mol. The van der Waals surface area contributed by atoms with Gasteiger partial charge in [-0.05, 0) is 44.9 Å². The van der Waals surface area contributed by atoms with Crippen LogP contribution in [0.2, 0.25) is 0 Å². The number of thiocarbonyl (C=S) groups is 1. The van der Waals surface area contributed by atoms with Crippen molar-refractivity contribution in [3.05, 3.63) is 30.3 Å². The Labute approximate surface area is 159 Å². The Bertz CT molecular complexity index is 657. The van der Waals surface area contributed by atoms with Gasteiger partial charge in [-0.3, -0.25) is 4.79 Å². The Kier molecular flexibility index (Phi) is 5.76. The molecule has 1 saturated carbocycles. The molecule has 26 heavy (non-hydrogen) atoms. The number of aliphatic hydroxyl groups excluding tert-OH is 2. The van der Waals surface area contributed by atoms with Crippen molar-refractivity contribution in [2.24, 2.45) is 5.92 Å². The topological polar surface area (TPSA) is 88.1 Å². The number of para-hydroxylation sites is 1. The highest BCUT2D eigenvalue weighted by molar-refractivity contribution is 7.80. The lowest BCUT2D eigenvalue weighted by molar-refractivity contribution is -0.131. The number of aliphatic hydroxyl groups is 2. The summed E-state index contributed by atoms with van der Waals surface area (Å²) in [6.45, 7) is 1.26. The van der Waals surface area contributed by atoms with Crippen LogP contribution < -0.4 is 15.5 Å². The largest absolute Gasteiger partial charge is 0.390 e. The zero-order chi connectivity index (χ0) is 18.8. The first-order chi connectivity index (χ1) is 12.4. The molecule has 2 aliphatic rings. The van der Waals surface area contributed by atoms with Crippen LogP contribution in [0.25, 0.3) is 0 Å². The number of carbonyl (C=O) groups excluding carboxylic acids is 1. The summed E-state index contributed by atoms with van der Waals surface area (Å²) in [5.41, 5.74) is 0.868. The molecule has 142 valence electrons. The molecule has 1 aliphatic heterocycles. The number of hydrogen-bond acceptors (Lipinski definition) is 5. The van der Waals surface area contributed by atoms with Crippen LogP contribution in [0.3, 0.4) is 0 Å². The van der Waals surface area contributed by atoms with E-state index >= 15 is 0 Å². The molecule has 3 rings (SSSR count). The summed E-state index contributed by atoms with van der Waals surface area (Å²) >= 11 is 5.47. The number of rotatable bonds is 5. The van der Waals surface area contributed by atoms with Gasteiger partial charge in [-0.15, -0.1) is 0 Å².